The normalized spacial score (nSPS) is 11.6. The van der Waals surface area contributed by atoms with Crippen LogP contribution in [0.1, 0.15) is 42.6 Å². The highest BCUT2D eigenvalue weighted by molar-refractivity contribution is 9.10. The number of ether oxygens (including phenoxy) is 4. The topological polar surface area (TPSA) is 95.5 Å². The Kier molecular flexibility index (Phi) is 10.5. The molecule has 0 aliphatic carbocycles. The number of carbonyl (C=O) groups is 2. The second-order valence-electron chi connectivity index (χ2n) is 7.97. The molecule has 0 fully saturated rings. The molecular weight excluding hydrogens is 540 g/mol. The quantitative estimate of drug-likeness (QED) is 0.0978. The Hall–Kier alpha value is -3.85. The first-order chi connectivity index (χ1) is 17.9. The van der Waals surface area contributed by atoms with E-state index >= 15 is 0 Å². The van der Waals surface area contributed by atoms with Crippen molar-refractivity contribution in [2.24, 2.45) is 5.10 Å². The minimum atomic E-state index is -0.744. The summed E-state index contributed by atoms with van der Waals surface area (Å²) in [6.45, 7) is 4.36. The Labute approximate surface area is 224 Å². The van der Waals surface area contributed by atoms with Crippen LogP contribution in [0.3, 0.4) is 0 Å². The number of amides is 1. The van der Waals surface area contributed by atoms with Gasteiger partial charge in [0.15, 0.2) is 17.6 Å². The first-order valence-electron chi connectivity index (χ1n) is 11.8. The van der Waals surface area contributed by atoms with Gasteiger partial charge in [0, 0.05) is 4.47 Å². The van der Waals surface area contributed by atoms with Gasteiger partial charge in [0.05, 0.1) is 25.5 Å². The first kappa shape index (κ1) is 27.7. The van der Waals surface area contributed by atoms with Crippen molar-refractivity contribution in [3.8, 4) is 23.0 Å². The highest BCUT2D eigenvalue weighted by atomic mass is 79.9. The zero-order valence-corrected chi connectivity index (χ0v) is 22.5. The second kappa shape index (κ2) is 14.0. The van der Waals surface area contributed by atoms with Gasteiger partial charge in [0.2, 0.25) is 0 Å². The maximum absolute atomic E-state index is 12.6. The van der Waals surface area contributed by atoms with Crippen LogP contribution in [0.4, 0.5) is 0 Å². The highest BCUT2D eigenvalue weighted by Gasteiger charge is 2.15. The molecule has 0 saturated heterocycles. The van der Waals surface area contributed by atoms with Crippen molar-refractivity contribution in [2.45, 2.75) is 32.8 Å². The molecule has 3 rings (SSSR count). The third-order valence-electron chi connectivity index (χ3n) is 5.13. The molecule has 0 aromatic heterocycles. The smallest absolute Gasteiger partial charge is 0.343 e. The fourth-order valence-corrected chi connectivity index (χ4v) is 3.33. The Morgan fingerprint density at radius 2 is 1.70 bits per heavy atom. The number of hydrogen-bond donors (Lipinski definition) is 1. The molecule has 3 aromatic rings. The van der Waals surface area contributed by atoms with Crippen LogP contribution in [0.15, 0.2) is 76.3 Å². The number of methoxy groups -OCH3 is 1. The summed E-state index contributed by atoms with van der Waals surface area (Å²) in [6.07, 6.45) is 2.73. The van der Waals surface area contributed by atoms with Crippen LogP contribution in [0, 0.1) is 0 Å². The maximum Gasteiger partial charge on any atom is 0.343 e. The van der Waals surface area contributed by atoms with Gasteiger partial charge < -0.3 is 18.9 Å². The molecule has 0 aliphatic heterocycles. The van der Waals surface area contributed by atoms with Gasteiger partial charge in [0.25, 0.3) is 5.91 Å². The number of nitrogens with zero attached hydrogens (tertiary/aromatic N) is 1. The van der Waals surface area contributed by atoms with E-state index in [4.69, 9.17) is 18.9 Å². The zero-order valence-electron chi connectivity index (χ0n) is 20.9. The molecule has 1 amide bonds. The zero-order chi connectivity index (χ0) is 26.6. The number of halogens is 1. The number of esters is 1. The average molecular weight is 569 g/mol. The fourth-order valence-electron chi connectivity index (χ4n) is 3.06. The van der Waals surface area contributed by atoms with Crippen LogP contribution in [0.25, 0.3) is 0 Å². The van der Waals surface area contributed by atoms with E-state index in [-0.39, 0.29) is 5.75 Å². The van der Waals surface area contributed by atoms with Crippen molar-refractivity contribution in [1.82, 2.24) is 5.43 Å². The minimum Gasteiger partial charge on any atom is -0.494 e. The van der Waals surface area contributed by atoms with Crippen molar-refractivity contribution in [1.29, 1.82) is 0 Å². The van der Waals surface area contributed by atoms with E-state index in [9.17, 15) is 9.59 Å². The van der Waals surface area contributed by atoms with Crippen molar-refractivity contribution in [2.75, 3.05) is 13.7 Å². The molecule has 0 saturated carbocycles. The van der Waals surface area contributed by atoms with E-state index in [1.807, 2.05) is 12.1 Å². The van der Waals surface area contributed by atoms with Gasteiger partial charge in [-0.15, -0.1) is 0 Å². The summed E-state index contributed by atoms with van der Waals surface area (Å²) >= 11 is 3.35. The Morgan fingerprint density at radius 3 is 2.38 bits per heavy atom. The second-order valence-corrected chi connectivity index (χ2v) is 8.89. The number of carbonyl (C=O) groups excluding carboxylic acids is 2. The van der Waals surface area contributed by atoms with E-state index in [1.54, 1.807) is 61.5 Å². The van der Waals surface area contributed by atoms with Crippen LogP contribution in [-0.2, 0) is 4.79 Å². The van der Waals surface area contributed by atoms with Gasteiger partial charge >= 0.3 is 5.97 Å². The van der Waals surface area contributed by atoms with Crippen molar-refractivity contribution < 1.29 is 28.5 Å². The molecule has 3 aromatic carbocycles. The summed E-state index contributed by atoms with van der Waals surface area (Å²) in [5.41, 5.74) is 3.47. The van der Waals surface area contributed by atoms with Gasteiger partial charge in [-0.1, -0.05) is 29.3 Å². The summed E-state index contributed by atoms with van der Waals surface area (Å²) in [5, 5.41) is 3.98. The van der Waals surface area contributed by atoms with E-state index in [1.165, 1.54) is 13.3 Å². The fraction of sp³-hybridized carbons (Fsp3) is 0.250. The van der Waals surface area contributed by atoms with E-state index < -0.39 is 18.0 Å². The molecule has 1 atom stereocenters. The molecule has 0 spiro atoms. The van der Waals surface area contributed by atoms with E-state index in [2.05, 4.69) is 33.4 Å². The predicted molar refractivity (Wildman–Crippen MR) is 145 cm³/mol. The Bertz CT molecular complexity index is 1210. The third kappa shape index (κ3) is 8.64. The number of benzene rings is 3. The first-order valence-corrected chi connectivity index (χ1v) is 12.6. The molecular formula is C28H29BrN2O6. The molecule has 1 unspecified atom stereocenters. The largest absolute Gasteiger partial charge is 0.494 e. The number of rotatable bonds is 12. The highest BCUT2D eigenvalue weighted by Crippen LogP contribution is 2.28. The lowest BCUT2D eigenvalue weighted by Crippen LogP contribution is -2.33. The SMILES string of the molecule is CCCCOc1ccc(C(=O)Oc2ccc(C=NNC(=O)C(C)Oc3ccc(Br)cc3)cc2OC)cc1. The average Bonchev–Trinajstić information content (AvgIpc) is 2.91. The summed E-state index contributed by atoms with van der Waals surface area (Å²) in [7, 11) is 1.47. The van der Waals surface area contributed by atoms with Gasteiger partial charge in [-0.25, -0.2) is 10.2 Å². The molecule has 8 nitrogen and oxygen atoms in total. The maximum atomic E-state index is 12.6. The van der Waals surface area contributed by atoms with Crippen LogP contribution in [0.2, 0.25) is 0 Å². The summed E-state index contributed by atoms with van der Waals surface area (Å²) in [6, 6.07) is 18.9. The van der Waals surface area contributed by atoms with Crippen molar-refractivity contribution in [3.05, 3.63) is 82.3 Å². The van der Waals surface area contributed by atoms with Gasteiger partial charge in [-0.05, 0) is 85.6 Å². The van der Waals surface area contributed by atoms with Crippen LogP contribution >= 0.6 is 15.9 Å². The molecule has 37 heavy (non-hydrogen) atoms. The number of hydrogen-bond acceptors (Lipinski definition) is 7. The van der Waals surface area contributed by atoms with Gasteiger partial charge in [0.1, 0.15) is 11.5 Å². The van der Waals surface area contributed by atoms with Gasteiger partial charge in [-0.3, -0.25) is 4.79 Å². The molecule has 0 bridgehead atoms. The van der Waals surface area contributed by atoms with Gasteiger partial charge in [-0.2, -0.15) is 5.10 Å². The molecule has 0 radical (unpaired) electrons. The number of hydrazone groups is 1. The Balaban J connectivity index is 1.55. The van der Waals surface area contributed by atoms with Crippen molar-refractivity contribution >= 4 is 34.0 Å². The lowest BCUT2D eigenvalue weighted by molar-refractivity contribution is -0.127. The van der Waals surface area contributed by atoms with E-state index in [0.29, 0.717) is 35.0 Å². The van der Waals surface area contributed by atoms with E-state index in [0.717, 1.165) is 17.3 Å². The van der Waals surface area contributed by atoms with Crippen molar-refractivity contribution in [3.63, 3.8) is 0 Å². The molecule has 0 heterocycles. The number of nitrogens with one attached hydrogen (secondary N) is 1. The van der Waals surface area contributed by atoms with Crippen LogP contribution in [-0.4, -0.2) is 37.9 Å². The molecule has 0 aliphatic rings. The molecule has 1 N–H and O–H groups in total. The van der Waals surface area contributed by atoms with Crippen LogP contribution in [0.5, 0.6) is 23.0 Å². The third-order valence-corrected chi connectivity index (χ3v) is 5.66. The monoisotopic (exact) mass is 568 g/mol. The lowest BCUT2D eigenvalue weighted by Gasteiger charge is -2.13. The minimum absolute atomic E-state index is 0.258. The number of unbranched alkanes of at least 4 members (excludes halogenated alkanes) is 1. The summed E-state index contributed by atoms with van der Waals surface area (Å²) < 4.78 is 23.0. The predicted octanol–water partition coefficient (Wildman–Crippen LogP) is 5.77. The lowest BCUT2D eigenvalue weighted by atomic mass is 10.2. The molecule has 194 valence electrons. The Morgan fingerprint density at radius 1 is 1.00 bits per heavy atom. The molecule has 9 heteroatoms. The standard InChI is InChI=1S/C28H29BrN2O6/c1-4-5-16-35-23-11-7-21(8-12-23)28(33)37-25-15-6-20(17-26(25)34-3)18-30-31-27(32)19(2)36-24-13-9-22(29)10-14-24/h6-15,17-19H,4-5,16H2,1-3H3,(H,31,32). The summed E-state index contributed by atoms with van der Waals surface area (Å²) in [4.78, 5) is 24.9. The van der Waals surface area contributed by atoms with Crippen LogP contribution < -0.4 is 24.4 Å². The summed E-state index contributed by atoms with van der Waals surface area (Å²) in [5.74, 6) is 0.947.